The second kappa shape index (κ2) is 8.07. The van der Waals surface area contributed by atoms with Crippen molar-refractivity contribution in [2.24, 2.45) is 0 Å². The summed E-state index contributed by atoms with van der Waals surface area (Å²) in [4.78, 5) is 0. The van der Waals surface area contributed by atoms with E-state index in [1.54, 1.807) is 0 Å². The molecule has 0 aliphatic carbocycles. The van der Waals surface area contributed by atoms with Gasteiger partial charge < -0.3 is 9.84 Å². The van der Waals surface area contributed by atoms with E-state index in [0.29, 0.717) is 19.6 Å². The number of hydrogen-bond donors (Lipinski definition) is 2. The van der Waals surface area contributed by atoms with E-state index in [9.17, 15) is 8.42 Å². The normalized spacial score (nSPS) is 11.4. The number of aliphatic hydroxyl groups excluding tert-OH is 1. The van der Waals surface area contributed by atoms with Crippen molar-refractivity contribution in [2.45, 2.75) is 12.8 Å². The van der Waals surface area contributed by atoms with Crippen molar-refractivity contribution in [1.82, 2.24) is 4.72 Å². The fraction of sp³-hybridized carbons (Fsp3) is 0.500. The molecule has 2 N–H and O–H groups in total. The predicted molar refractivity (Wildman–Crippen MR) is 70.0 cm³/mol. The molecule has 0 aliphatic heterocycles. The van der Waals surface area contributed by atoms with Gasteiger partial charge in [-0.3, -0.25) is 0 Å². The van der Waals surface area contributed by atoms with E-state index in [-0.39, 0.29) is 18.8 Å². The maximum absolute atomic E-state index is 11.4. The topological polar surface area (TPSA) is 75.6 Å². The summed E-state index contributed by atoms with van der Waals surface area (Å²) in [6.45, 7) is 0.700. The molecule has 0 aliphatic rings. The molecule has 1 aromatic carbocycles. The molecule has 0 atom stereocenters. The average molecular weight is 273 g/mol. The van der Waals surface area contributed by atoms with Gasteiger partial charge in [0.15, 0.2) is 0 Å². The van der Waals surface area contributed by atoms with Crippen molar-refractivity contribution in [3.05, 3.63) is 30.3 Å². The number of benzene rings is 1. The zero-order valence-corrected chi connectivity index (χ0v) is 11.0. The SMILES string of the molecule is O=S(=O)(CCCO)NCCCOc1ccccc1. The van der Waals surface area contributed by atoms with Gasteiger partial charge in [-0.05, 0) is 25.0 Å². The first-order chi connectivity index (χ1) is 8.64. The van der Waals surface area contributed by atoms with E-state index >= 15 is 0 Å². The molecule has 0 saturated carbocycles. The molecule has 0 unspecified atom stereocenters. The van der Waals surface area contributed by atoms with E-state index in [4.69, 9.17) is 9.84 Å². The van der Waals surface area contributed by atoms with E-state index in [1.165, 1.54) is 0 Å². The van der Waals surface area contributed by atoms with Crippen LogP contribution in [0, 0.1) is 0 Å². The third kappa shape index (κ3) is 6.58. The molecule has 0 bridgehead atoms. The highest BCUT2D eigenvalue weighted by atomic mass is 32.2. The molecular weight excluding hydrogens is 254 g/mol. The molecular formula is C12H19NO4S. The Kier molecular flexibility index (Phi) is 6.70. The van der Waals surface area contributed by atoms with E-state index in [2.05, 4.69) is 4.72 Å². The highest BCUT2D eigenvalue weighted by Crippen LogP contribution is 2.08. The Morgan fingerprint density at radius 2 is 1.89 bits per heavy atom. The van der Waals surface area contributed by atoms with Gasteiger partial charge in [-0.15, -0.1) is 0 Å². The lowest BCUT2D eigenvalue weighted by Crippen LogP contribution is -2.28. The highest BCUT2D eigenvalue weighted by molar-refractivity contribution is 7.89. The zero-order chi connectivity index (χ0) is 13.3. The molecule has 0 aromatic heterocycles. The third-order valence-corrected chi connectivity index (χ3v) is 3.70. The van der Waals surface area contributed by atoms with Crippen LogP contribution in [0.1, 0.15) is 12.8 Å². The fourth-order valence-corrected chi connectivity index (χ4v) is 2.44. The zero-order valence-electron chi connectivity index (χ0n) is 10.2. The number of para-hydroxylation sites is 1. The average Bonchev–Trinajstić information content (AvgIpc) is 2.37. The van der Waals surface area contributed by atoms with Crippen molar-refractivity contribution in [3.8, 4) is 5.75 Å². The van der Waals surface area contributed by atoms with Gasteiger partial charge in [0, 0.05) is 13.2 Å². The maximum atomic E-state index is 11.4. The summed E-state index contributed by atoms with van der Waals surface area (Å²) in [5.74, 6) is 0.740. The molecule has 0 saturated heterocycles. The van der Waals surface area contributed by atoms with Crippen molar-refractivity contribution in [2.75, 3.05) is 25.5 Å². The largest absolute Gasteiger partial charge is 0.494 e. The van der Waals surface area contributed by atoms with Gasteiger partial charge >= 0.3 is 0 Å². The quantitative estimate of drug-likeness (QED) is 0.651. The van der Waals surface area contributed by atoms with Crippen molar-refractivity contribution < 1.29 is 18.3 Å². The molecule has 0 spiro atoms. The van der Waals surface area contributed by atoms with Crippen molar-refractivity contribution in [3.63, 3.8) is 0 Å². The summed E-state index contributed by atoms with van der Waals surface area (Å²) < 4.78 is 30.6. The minimum Gasteiger partial charge on any atom is -0.494 e. The van der Waals surface area contributed by atoms with Crippen LogP contribution in [-0.4, -0.2) is 39.0 Å². The molecule has 6 heteroatoms. The molecule has 5 nitrogen and oxygen atoms in total. The first-order valence-electron chi connectivity index (χ1n) is 5.90. The lowest BCUT2D eigenvalue weighted by molar-refractivity contribution is 0.295. The summed E-state index contributed by atoms with van der Waals surface area (Å²) in [7, 11) is -3.25. The molecule has 102 valence electrons. The Bertz CT molecular complexity index is 419. The number of nitrogens with one attached hydrogen (secondary N) is 1. The van der Waals surface area contributed by atoms with Gasteiger partial charge in [0.05, 0.1) is 12.4 Å². The van der Waals surface area contributed by atoms with Crippen LogP contribution in [0.5, 0.6) is 5.75 Å². The number of rotatable bonds is 9. The Morgan fingerprint density at radius 1 is 1.17 bits per heavy atom. The second-order valence-corrected chi connectivity index (χ2v) is 5.73. The van der Waals surface area contributed by atoms with Crippen LogP contribution in [0.15, 0.2) is 30.3 Å². The van der Waals surface area contributed by atoms with Crippen LogP contribution in [-0.2, 0) is 10.0 Å². The predicted octanol–water partition coefficient (Wildman–Crippen LogP) is 0.757. The Labute approximate surface area is 108 Å². The monoisotopic (exact) mass is 273 g/mol. The van der Waals surface area contributed by atoms with Gasteiger partial charge in [0.2, 0.25) is 10.0 Å². The first kappa shape index (κ1) is 14.9. The smallest absolute Gasteiger partial charge is 0.211 e. The molecule has 0 amide bonds. The van der Waals surface area contributed by atoms with E-state index < -0.39 is 10.0 Å². The van der Waals surface area contributed by atoms with Gasteiger partial charge in [-0.2, -0.15) is 0 Å². The van der Waals surface area contributed by atoms with Crippen LogP contribution in [0.3, 0.4) is 0 Å². The Hall–Kier alpha value is -1.11. The summed E-state index contributed by atoms with van der Waals surface area (Å²) >= 11 is 0. The van der Waals surface area contributed by atoms with Crippen molar-refractivity contribution >= 4 is 10.0 Å². The number of aliphatic hydroxyl groups is 1. The maximum Gasteiger partial charge on any atom is 0.211 e. The Balaban J connectivity index is 2.12. The molecule has 18 heavy (non-hydrogen) atoms. The lowest BCUT2D eigenvalue weighted by atomic mass is 10.3. The van der Waals surface area contributed by atoms with Crippen molar-refractivity contribution in [1.29, 1.82) is 0 Å². The standard InChI is InChI=1S/C12H19NO4S/c14-9-5-11-18(15,16)13-8-4-10-17-12-6-2-1-3-7-12/h1-3,6-7,13-14H,4-5,8-11H2. The number of sulfonamides is 1. The van der Waals surface area contributed by atoms with Crippen LogP contribution in [0.4, 0.5) is 0 Å². The highest BCUT2D eigenvalue weighted by Gasteiger charge is 2.07. The summed E-state index contributed by atoms with van der Waals surface area (Å²) in [6, 6.07) is 9.37. The summed E-state index contributed by atoms with van der Waals surface area (Å²) in [5.41, 5.74) is 0. The molecule has 1 rings (SSSR count). The van der Waals surface area contributed by atoms with Gasteiger partial charge in [-0.25, -0.2) is 13.1 Å². The van der Waals surface area contributed by atoms with Gasteiger partial charge in [-0.1, -0.05) is 18.2 Å². The summed E-state index contributed by atoms with van der Waals surface area (Å²) in [5, 5.41) is 8.55. The minimum absolute atomic E-state index is 0.0386. The van der Waals surface area contributed by atoms with E-state index in [0.717, 1.165) is 5.75 Å². The molecule has 0 radical (unpaired) electrons. The molecule has 0 fully saturated rings. The number of ether oxygens (including phenoxy) is 1. The lowest BCUT2D eigenvalue weighted by Gasteiger charge is -2.07. The van der Waals surface area contributed by atoms with Crippen LogP contribution in [0.2, 0.25) is 0 Å². The van der Waals surface area contributed by atoms with E-state index in [1.807, 2.05) is 30.3 Å². The van der Waals surface area contributed by atoms with Crippen LogP contribution in [0.25, 0.3) is 0 Å². The number of hydrogen-bond acceptors (Lipinski definition) is 4. The molecule has 1 aromatic rings. The Morgan fingerprint density at radius 3 is 2.56 bits per heavy atom. The van der Waals surface area contributed by atoms with Gasteiger partial charge in [0.25, 0.3) is 0 Å². The van der Waals surface area contributed by atoms with Crippen LogP contribution >= 0.6 is 0 Å². The van der Waals surface area contributed by atoms with Crippen LogP contribution < -0.4 is 9.46 Å². The second-order valence-electron chi connectivity index (χ2n) is 3.81. The minimum atomic E-state index is -3.25. The summed E-state index contributed by atoms with van der Waals surface area (Å²) in [6.07, 6.45) is 0.864. The van der Waals surface area contributed by atoms with Gasteiger partial charge in [0.1, 0.15) is 5.75 Å². The third-order valence-electron chi connectivity index (χ3n) is 2.23. The fourth-order valence-electron chi connectivity index (χ4n) is 1.33. The first-order valence-corrected chi connectivity index (χ1v) is 7.55. The molecule has 0 heterocycles.